The van der Waals surface area contributed by atoms with Gasteiger partial charge in [-0.15, -0.1) is 11.3 Å². The fraction of sp³-hybridized carbons (Fsp3) is 0.647. The number of hydrogen-bond donors (Lipinski definition) is 0. The smallest absolute Gasteiger partial charge is 0.255 e. The minimum Gasteiger partial charge on any atom is -0.342 e. The number of hydrogen-bond acceptors (Lipinski definition) is 3. The molecule has 2 rings (SSSR count). The zero-order valence-corrected chi connectivity index (χ0v) is 14.6. The van der Waals surface area contributed by atoms with E-state index in [1.165, 1.54) is 4.88 Å². The molecule has 1 aromatic heterocycles. The third-order valence-corrected chi connectivity index (χ3v) is 5.20. The molecular weight excluding hydrogens is 296 g/mol. The number of carbonyl (C=O) groups is 2. The number of carbonyl (C=O) groups excluding carboxylic acids is 2. The van der Waals surface area contributed by atoms with Gasteiger partial charge in [-0.3, -0.25) is 9.59 Å². The lowest BCUT2D eigenvalue weighted by molar-refractivity contribution is -0.138. The van der Waals surface area contributed by atoms with E-state index in [0.29, 0.717) is 13.1 Å². The number of unbranched alkanes of at least 4 members (excludes halogenated alkanes) is 1. The fourth-order valence-corrected chi connectivity index (χ4v) is 3.83. The van der Waals surface area contributed by atoms with Gasteiger partial charge in [0.2, 0.25) is 5.91 Å². The van der Waals surface area contributed by atoms with Gasteiger partial charge in [-0.1, -0.05) is 33.1 Å². The van der Waals surface area contributed by atoms with Crippen molar-refractivity contribution in [1.29, 1.82) is 0 Å². The summed E-state index contributed by atoms with van der Waals surface area (Å²) >= 11 is 1.64. The predicted octanol–water partition coefficient (Wildman–Crippen LogP) is 3.17. The Morgan fingerprint density at radius 1 is 1.32 bits per heavy atom. The number of rotatable bonds is 6. The van der Waals surface area contributed by atoms with Crippen LogP contribution in [0.15, 0.2) is 11.4 Å². The van der Waals surface area contributed by atoms with Crippen molar-refractivity contribution in [3.05, 3.63) is 21.9 Å². The van der Waals surface area contributed by atoms with Crippen molar-refractivity contribution in [3.63, 3.8) is 0 Å². The van der Waals surface area contributed by atoms with Gasteiger partial charge in [-0.25, -0.2) is 0 Å². The lowest BCUT2D eigenvalue weighted by Gasteiger charge is -2.39. The Morgan fingerprint density at radius 2 is 2.09 bits per heavy atom. The molecule has 2 amide bonds. The topological polar surface area (TPSA) is 40.6 Å². The molecule has 0 unspecified atom stereocenters. The van der Waals surface area contributed by atoms with E-state index < -0.39 is 0 Å². The summed E-state index contributed by atoms with van der Waals surface area (Å²) in [6.07, 6.45) is 4.86. The largest absolute Gasteiger partial charge is 0.342 e. The molecule has 1 aromatic rings. The first-order valence-electron chi connectivity index (χ1n) is 8.21. The van der Waals surface area contributed by atoms with E-state index in [2.05, 4.69) is 13.8 Å². The van der Waals surface area contributed by atoms with Crippen molar-refractivity contribution in [2.75, 3.05) is 20.1 Å². The van der Waals surface area contributed by atoms with E-state index in [4.69, 9.17) is 0 Å². The molecule has 0 radical (unpaired) electrons. The molecular formula is C17H26N2O2S. The van der Waals surface area contributed by atoms with Crippen molar-refractivity contribution >= 4 is 23.2 Å². The average molecular weight is 322 g/mol. The Morgan fingerprint density at radius 3 is 2.77 bits per heavy atom. The summed E-state index contributed by atoms with van der Waals surface area (Å²) in [5.41, 5.74) is 0.743. The maximum absolute atomic E-state index is 12.8. The van der Waals surface area contributed by atoms with Crippen LogP contribution in [0.5, 0.6) is 0 Å². The number of thiophene rings is 1. The van der Waals surface area contributed by atoms with Gasteiger partial charge in [0.15, 0.2) is 0 Å². The SMILES string of the molecule is CCCC[C@H]1C(=O)N(C)CCN1C(=O)c1csc(CCC)c1. The third kappa shape index (κ3) is 3.69. The van der Waals surface area contributed by atoms with Crippen LogP contribution in [0.1, 0.15) is 54.8 Å². The summed E-state index contributed by atoms with van der Waals surface area (Å²) in [7, 11) is 1.83. The van der Waals surface area contributed by atoms with Gasteiger partial charge < -0.3 is 9.80 Å². The standard InChI is InChI=1S/C17H26N2O2S/c1-4-6-8-15-17(21)18(3)9-10-19(15)16(20)13-11-14(7-5-2)22-12-13/h11-12,15H,4-10H2,1-3H3/t15-/m0/s1. The Bertz CT molecular complexity index is 526. The second-order valence-corrected chi connectivity index (χ2v) is 6.96. The van der Waals surface area contributed by atoms with Crippen LogP contribution < -0.4 is 0 Å². The fourth-order valence-electron chi connectivity index (χ4n) is 2.87. The van der Waals surface area contributed by atoms with Gasteiger partial charge in [-0.2, -0.15) is 0 Å². The lowest BCUT2D eigenvalue weighted by atomic mass is 10.0. The summed E-state index contributed by atoms with van der Waals surface area (Å²) < 4.78 is 0. The van der Waals surface area contributed by atoms with Crippen LogP contribution in [-0.2, 0) is 11.2 Å². The van der Waals surface area contributed by atoms with Crippen LogP contribution in [0.3, 0.4) is 0 Å². The molecule has 5 heteroatoms. The first-order valence-corrected chi connectivity index (χ1v) is 9.09. The average Bonchev–Trinajstić information content (AvgIpc) is 2.97. The van der Waals surface area contributed by atoms with E-state index in [9.17, 15) is 9.59 Å². The molecule has 22 heavy (non-hydrogen) atoms. The Labute approximate surface area is 137 Å². The van der Waals surface area contributed by atoms with Crippen molar-refractivity contribution in [2.24, 2.45) is 0 Å². The van der Waals surface area contributed by atoms with Gasteiger partial charge in [-0.05, 0) is 18.9 Å². The molecule has 0 bridgehead atoms. The number of aryl methyl sites for hydroxylation is 1. The van der Waals surface area contributed by atoms with Gasteiger partial charge in [0.1, 0.15) is 6.04 Å². The van der Waals surface area contributed by atoms with Crippen molar-refractivity contribution in [3.8, 4) is 0 Å². The maximum Gasteiger partial charge on any atom is 0.255 e. The second kappa shape index (κ2) is 7.77. The minimum absolute atomic E-state index is 0.0150. The van der Waals surface area contributed by atoms with Crippen molar-refractivity contribution < 1.29 is 9.59 Å². The van der Waals surface area contributed by atoms with E-state index >= 15 is 0 Å². The highest BCUT2D eigenvalue weighted by molar-refractivity contribution is 7.10. The molecule has 1 aliphatic heterocycles. The van der Waals surface area contributed by atoms with E-state index in [1.807, 2.05) is 18.5 Å². The maximum atomic E-state index is 12.8. The van der Waals surface area contributed by atoms with Crippen LogP contribution in [0.4, 0.5) is 0 Å². The predicted molar refractivity (Wildman–Crippen MR) is 90.3 cm³/mol. The molecule has 122 valence electrons. The molecule has 0 saturated carbocycles. The molecule has 4 nitrogen and oxygen atoms in total. The normalized spacial score (nSPS) is 18.9. The summed E-state index contributed by atoms with van der Waals surface area (Å²) in [6, 6.07) is 1.71. The van der Waals surface area contributed by atoms with Crippen molar-refractivity contribution in [2.45, 2.75) is 52.0 Å². The number of amides is 2. The van der Waals surface area contributed by atoms with Gasteiger partial charge in [0, 0.05) is 30.4 Å². The second-order valence-electron chi connectivity index (χ2n) is 5.97. The van der Waals surface area contributed by atoms with Crippen LogP contribution >= 0.6 is 11.3 Å². The molecule has 1 saturated heterocycles. The molecule has 0 aromatic carbocycles. The molecule has 1 aliphatic rings. The highest BCUT2D eigenvalue weighted by Crippen LogP contribution is 2.22. The number of likely N-dealkylation sites (N-methyl/N-ethyl adjacent to an activating group) is 1. The minimum atomic E-state index is -0.291. The molecule has 0 N–H and O–H groups in total. The summed E-state index contributed by atoms with van der Waals surface area (Å²) in [4.78, 5) is 30.0. The van der Waals surface area contributed by atoms with Gasteiger partial charge in [0.25, 0.3) is 5.91 Å². The highest BCUT2D eigenvalue weighted by Gasteiger charge is 2.35. The lowest BCUT2D eigenvalue weighted by Crippen LogP contribution is -2.57. The summed E-state index contributed by atoms with van der Waals surface area (Å²) in [5, 5.41) is 1.94. The monoisotopic (exact) mass is 322 g/mol. The van der Waals surface area contributed by atoms with Crippen LogP contribution in [0, 0.1) is 0 Å². The molecule has 0 spiro atoms. The summed E-state index contributed by atoms with van der Waals surface area (Å²) in [6.45, 7) is 5.51. The van der Waals surface area contributed by atoms with E-state index in [0.717, 1.165) is 37.7 Å². The highest BCUT2D eigenvalue weighted by atomic mass is 32.1. The van der Waals surface area contributed by atoms with Crippen molar-refractivity contribution in [1.82, 2.24) is 9.80 Å². The zero-order chi connectivity index (χ0) is 16.1. The third-order valence-electron chi connectivity index (χ3n) is 4.20. The Balaban J connectivity index is 2.15. The molecule has 1 fully saturated rings. The first-order chi connectivity index (χ1) is 10.6. The Hall–Kier alpha value is -1.36. The molecule has 1 atom stereocenters. The quantitative estimate of drug-likeness (QED) is 0.807. The van der Waals surface area contributed by atoms with Crippen LogP contribution in [-0.4, -0.2) is 47.8 Å². The zero-order valence-electron chi connectivity index (χ0n) is 13.8. The van der Waals surface area contributed by atoms with Gasteiger partial charge >= 0.3 is 0 Å². The van der Waals surface area contributed by atoms with Gasteiger partial charge in [0.05, 0.1) is 5.56 Å². The number of piperazine rings is 1. The Kier molecular flexibility index (Phi) is 6.00. The van der Waals surface area contributed by atoms with E-state index in [1.54, 1.807) is 21.1 Å². The summed E-state index contributed by atoms with van der Waals surface area (Å²) in [5.74, 6) is 0.0956. The molecule has 0 aliphatic carbocycles. The van der Waals surface area contributed by atoms with E-state index in [-0.39, 0.29) is 17.9 Å². The van der Waals surface area contributed by atoms with Crippen LogP contribution in [0.25, 0.3) is 0 Å². The first kappa shape index (κ1) is 17.0. The van der Waals surface area contributed by atoms with Crippen LogP contribution in [0.2, 0.25) is 0 Å². The molecule has 2 heterocycles. The number of nitrogens with zero attached hydrogens (tertiary/aromatic N) is 2.